The molecule has 1 fully saturated rings. The number of hydrogen-bond acceptors (Lipinski definition) is 6. The summed E-state index contributed by atoms with van der Waals surface area (Å²) in [6, 6.07) is 9.90. The molecule has 1 saturated heterocycles. The average Bonchev–Trinajstić information content (AvgIpc) is 3.21. The van der Waals surface area contributed by atoms with E-state index in [1.54, 1.807) is 18.6 Å². The van der Waals surface area contributed by atoms with Crippen LogP contribution in [0.4, 0.5) is 11.4 Å². The summed E-state index contributed by atoms with van der Waals surface area (Å²) in [4.78, 5) is 26.1. The zero-order valence-electron chi connectivity index (χ0n) is 17.4. The maximum Gasteiger partial charge on any atom is 0.266 e. The fourth-order valence-electron chi connectivity index (χ4n) is 4.30. The predicted octanol–water partition coefficient (Wildman–Crippen LogP) is 3.43. The highest BCUT2D eigenvalue weighted by Gasteiger charge is 2.39. The molecule has 154 valence electrons. The molecule has 0 atom stereocenters. The van der Waals surface area contributed by atoms with Gasteiger partial charge in [0.05, 0.1) is 35.6 Å². The van der Waals surface area contributed by atoms with E-state index in [1.165, 1.54) is 0 Å². The van der Waals surface area contributed by atoms with Crippen molar-refractivity contribution >= 4 is 17.3 Å². The lowest BCUT2D eigenvalue weighted by atomic mass is 9.81. The van der Waals surface area contributed by atoms with Gasteiger partial charge in [-0.25, -0.2) is 0 Å². The summed E-state index contributed by atoms with van der Waals surface area (Å²) in [5.74, 6) is -0.196. The van der Waals surface area contributed by atoms with Gasteiger partial charge in [-0.05, 0) is 51.3 Å². The van der Waals surface area contributed by atoms with Gasteiger partial charge >= 0.3 is 0 Å². The van der Waals surface area contributed by atoms with Crippen LogP contribution in [0.3, 0.4) is 0 Å². The molecule has 4 rings (SSSR count). The lowest BCUT2D eigenvalue weighted by molar-refractivity contribution is -0.127. The number of allylic oxidation sites excluding steroid dienone is 1. The molecule has 4 heterocycles. The largest absolute Gasteiger partial charge is 0.364 e. The minimum Gasteiger partial charge on any atom is -0.364 e. The molecule has 2 aliphatic rings. The molecule has 2 aliphatic heterocycles. The Labute approximate surface area is 177 Å². The first kappa shape index (κ1) is 19.9. The van der Waals surface area contributed by atoms with Crippen LogP contribution in [0.15, 0.2) is 54.1 Å². The first-order chi connectivity index (χ1) is 14.5. The fourth-order valence-corrected chi connectivity index (χ4v) is 4.30. The van der Waals surface area contributed by atoms with Crippen molar-refractivity contribution in [2.45, 2.75) is 38.5 Å². The SMILES string of the molecule is CC(C)(C(=C(C#N)C(=O)N1CCCCC1)N1CNc2cnccc21)c1ccccn1. The molecule has 7 heteroatoms. The van der Waals surface area contributed by atoms with E-state index in [4.69, 9.17) is 0 Å². The summed E-state index contributed by atoms with van der Waals surface area (Å²) in [7, 11) is 0. The van der Waals surface area contributed by atoms with Crippen LogP contribution >= 0.6 is 0 Å². The lowest BCUT2D eigenvalue weighted by Crippen LogP contribution is -2.42. The van der Waals surface area contributed by atoms with E-state index in [9.17, 15) is 10.1 Å². The van der Waals surface area contributed by atoms with Gasteiger partial charge in [-0.3, -0.25) is 14.8 Å². The molecular formula is C23H26N6O. The molecule has 0 bridgehead atoms. The van der Waals surface area contributed by atoms with Crippen molar-refractivity contribution in [1.29, 1.82) is 5.26 Å². The monoisotopic (exact) mass is 402 g/mol. The summed E-state index contributed by atoms with van der Waals surface area (Å²) in [6.07, 6.45) is 8.31. The third-order valence-electron chi connectivity index (χ3n) is 5.89. The Morgan fingerprint density at radius 3 is 2.67 bits per heavy atom. The second-order valence-corrected chi connectivity index (χ2v) is 8.18. The molecule has 0 unspecified atom stereocenters. The number of nitrogens with one attached hydrogen (secondary N) is 1. The third kappa shape index (κ3) is 3.50. The second kappa shape index (κ2) is 8.15. The van der Waals surface area contributed by atoms with Crippen molar-refractivity contribution in [3.05, 3.63) is 59.8 Å². The zero-order chi connectivity index (χ0) is 21.1. The van der Waals surface area contributed by atoms with Gasteiger partial charge in [0.2, 0.25) is 0 Å². The maximum absolute atomic E-state index is 13.5. The van der Waals surface area contributed by atoms with E-state index >= 15 is 0 Å². The van der Waals surface area contributed by atoms with E-state index in [2.05, 4.69) is 21.4 Å². The Morgan fingerprint density at radius 1 is 1.17 bits per heavy atom. The molecule has 2 aromatic heterocycles. The standard InChI is InChI=1S/C23H26N6O/c1-23(2,20-8-4-5-10-26-20)21(29-16-27-18-15-25-11-9-19(18)29)17(14-24)22(30)28-12-6-3-7-13-28/h4-5,8-11,15,27H,3,6-7,12-13,16H2,1-2H3. The number of fused-ring (bicyclic) bond motifs is 1. The molecule has 0 spiro atoms. The normalized spacial score (nSPS) is 17.0. The van der Waals surface area contributed by atoms with Crippen LogP contribution in [0.1, 0.15) is 38.8 Å². The van der Waals surface area contributed by atoms with Crippen LogP contribution < -0.4 is 10.2 Å². The van der Waals surface area contributed by atoms with E-state index in [-0.39, 0.29) is 11.5 Å². The Hall–Kier alpha value is -3.40. The van der Waals surface area contributed by atoms with Crippen LogP contribution in [0.5, 0.6) is 0 Å². The van der Waals surface area contributed by atoms with Crippen molar-refractivity contribution in [2.75, 3.05) is 30.0 Å². The van der Waals surface area contributed by atoms with E-state index < -0.39 is 5.41 Å². The Balaban J connectivity index is 1.88. The molecule has 1 amide bonds. The van der Waals surface area contributed by atoms with Gasteiger partial charge in [0.1, 0.15) is 11.6 Å². The lowest BCUT2D eigenvalue weighted by Gasteiger charge is -2.36. The van der Waals surface area contributed by atoms with Gasteiger partial charge < -0.3 is 15.1 Å². The quantitative estimate of drug-likeness (QED) is 0.623. The van der Waals surface area contributed by atoms with Crippen LogP contribution in [0, 0.1) is 11.3 Å². The summed E-state index contributed by atoms with van der Waals surface area (Å²) in [6.45, 7) is 5.89. The summed E-state index contributed by atoms with van der Waals surface area (Å²) in [5.41, 5.74) is 2.78. The number of carbonyl (C=O) groups excluding carboxylic acids is 1. The van der Waals surface area contributed by atoms with Crippen molar-refractivity contribution in [3.8, 4) is 6.07 Å². The van der Waals surface area contributed by atoms with Crippen molar-refractivity contribution in [1.82, 2.24) is 14.9 Å². The minimum absolute atomic E-state index is 0.180. The molecular weight excluding hydrogens is 376 g/mol. The Bertz CT molecular complexity index is 1000. The smallest absolute Gasteiger partial charge is 0.266 e. The number of aromatic nitrogens is 2. The van der Waals surface area contributed by atoms with Crippen LogP contribution in [-0.4, -0.2) is 40.5 Å². The number of nitrogens with zero attached hydrogens (tertiary/aromatic N) is 5. The Kier molecular flexibility index (Phi) is 5.40. The molecule has 0 aromatic carbocycles. The first-order valence-corrected chi connectivity index (χ1v) is 10.3. The highest BCUT2D eigenvalue weighted by atomic mass is 16.2. The number of likely N-dealkylation sites (tertiary alicyclic amines) is 1. The predicted molar refractivity (Wildman–Crippen MR) is 116 cm³/mol. The molecule has 2 aromatic rings. The molecule has 0 radical (unpaired) electrons. The number of pyridine rings is 2. The average molecular weight is 403 g/mol. The summed E-state index contributed by atoms with van der Waals surface area (Å²) >= 11 is 0. The van der Waals surface area contributed by atoms with E-state index in [1.807, 2.05) is 47.9 Å². The number of hydrogen-bond donors (Lipinski definition) is 1. The van der Waals surface area contributed by atoms with Crippen molar-refractivity contribution in [3.63, 3.8) is 0 Å². The number of anilines is 2. The molecule has 0 saturated carbocycles. The number of rotatable bonds is 4. The maximum atomic E-state index is 13.5. The molecule has 7 nitrogen and oxygen atoms in total. The van der Waals surface area contributed by atoms with E-state index in [0.717, 1.165) is 36.3 Å². The summed E-state index contributed by atoms with van der Waals surface area (Å²) < 4.78 is 0. The fraction of sp³-hybridized carbons (Fsp3) is 0.391. The number of amides is 1. The molecule has 1 N–H and O–H groups in total. The van der Waals surface area contributed by atoms with Gasteiger partial charge in [0.25, 0.3) is 5.91 Å². The Morgan fingerprint density at radius 2 is 1.97 bits per heavy atom. The zero-order valence-corrected chi connectivity index (χ0v) is 17.4. The van der Waals surface area contributed by atoms with Crippen molar-refractivity contribution in [2.24, 2.45) is 0 Å². The highest BCUT2D eigenvalue weighted by molar-refractivity contribution is 5.99. The van der Waals surface area contributed by atoms with Gasteiger partial charge in [-0.15, -0.1) is 0 Å². The minimum atomic E-state index is -0.662. The van der Waals surface area contributed by atoms with Crippen LogP contribution in [-0.2, 0) is 10.2 Å². The number of carbonyl (C=O) groups is 1. The van der Waals surface area contributed by atoms with E-state index in [0.29, 0.717) is 25.5 Å². The van der Waals surface area contributed by atoms with Gasteiger partial charge in [-0.2, -0.15) is 5.26 Å². The molecule has 0 aliphatic carbocycles. The van der Waals surface area contributed by atoms with Gasteiger partial charge in [0, 0.05) is 30.9 Å². The van der Waals surface area contributed by atoms with Gasteiger partial charge in [0.15, 0.2) is 0 Å². The first-order valence-electron chi connectivity index (χ1n) is 10.3. The van der Waals surface area contributed by atoms with Crippen LogP contribution in [0.25, 0.3) is 0 Å². The number of nitriles is 1. The van der Waals surface area contributed by atoms with Gasteiger partial charge in [-0.1, -0.05) is 6.07 Å². The summed E-state index contributed by atoms with van der Waals surface area (Å²) in [5, 5.41) is 13.5. The topological polar surface area (TPSA) is 85.2 Å². The van der Waals surface area contributed by atoms with Crippen LogP contribution in [0.2, 0.25) is 0 Å². The third-order valence-corrected chi connectivity index (χ3v) is 5.89. The number of piperidine rings is 1. The van der Waals surface area contributed by atoms with Crippen molar-refractivity contribution < 1.29 is 4.79 Å². The highest BCUT2D eigenvalue weighted by Crippen LogP contribution is 2.42. The second-order valence-electron chi connectivity index (χ2n) is 8.18. The molecule has 30 heavy (non-hydrogen) atoms.